The third-order valence-electron chi connectivity index (χ3n) is 6.58. The van der Waals surface area contributed by atoms with Crippen LogP contribution < -0.4 is 26.6 Å². The van der Waals surface area contributed by atoms with Crippen molar-refractivity contribution >= 4 is 47.5 Å². The molecule has 0 fully saturated rings. The Hall–Kier alpha value is -4.66. The summed E-state index contributed by atoms with van der Waals surface area (Å²) in [5.41, 5.74) is 0.461. The van der Waals surface area contributed by atoms with Crippen LogP contribution in [0.5, 0.6) is 0 Å². The highest BCUT2D eigenvalue weighted by Crippen LogP contribution is 2.10. The number of thioether (sulfide) groups is 1. The van der Waals surface area contributed by atoms with Gasteiger partial charge in [0, 0.05) is 12.8 Å². The lowest BCUT2D eigenvalue weighted by Crippen LogP contribution is -2.54. The van der Waals surface area contributed by atoms with Crippen molar-refractivity contribution < 1.29 is 42.6 Å². The molecular formula is C33H44FN5O8S. The zero-order chi connectivity index (χ0) is 35.7. The average Bonchev–Trinajstić information content (AvgIpc) is 3.04. The molecule has 3 unspecified atom stereocenters. The maximum atomic E-state index is 13.4. The number of hydrogen-bond donors (Lipinski definition) is 5. The SMILES string of the molecule is COC(=O)C(CCSC)NC(=O)C(Cc1ccccc1)NC(=O)CNC(=O)CNC(=O)C(Cc1ccc(F)cc1)NC(=O)OC(C)(C)C. The molecule has 13 nitrogen and oxygen atoms in total. The summed E-state index contributed by atoms with van der Waals surface area (Å²) < 4.78 is 23.4. The van der Waals surface area contributed by atoms with Gasteiger partial charge in [-0.3, -0.25) is 19.2 Å². The number of amides is 5. The molecule has 262 valence electrons. The predicted molar refractivity (Wildman–Crippen MR) is 178 cm³/mol. The lowest BCUT2D eigenvalue weighted by Gasteiger charge is -2.23. The van der Waals surface area contributed by atoms with E-state index in [-0.39, 0.29) is 12.8 Å². The molecule has 5 amide bonds. The maximum absolute atomic E-state index is 13.4. The fourth-order valence-corrected chi connectivity index (χ4v) is 4.72. The highest BCUT2D eigenvalue weighted by atomic mass is 32.2. The smallest absolute Gasteiger partial charge is 0.408 e. The van der Waals surface area contributed by atoms with Gasteiger partial charge in [-0.25, -0.2) is 14.0 Å². The molecule has 0 aliphatic rings. The van der Waals surface area contributed by atoms with E-state index >= 15 is 0 Å². The Labute approximate surface area is 283 Å². The van der Waals surface area contributed by atoms with Crippen molar-refractivity contribution in [1.29, 1.82) is 0 Å². The summed E-state index contributed by atoms with van der Waals surface area (Å²) in [5, 5.41) is 12.5. The second kappa shape index (κ2) is 19.9. The van der Waals surface area contributed by atoms with Gasteiger partial charge in [-0.1, -0.05) is 42.5 Å². The molecule has 2 rings (SSSR count). The molecule has 3 atom stereocenters. The van der Waals surface area contributed by atoms with Crippen molar-refractivity contribution in [3.63, 3.8) is 0 Å². The summed E-state index contributed by atoms with van der Waals surface area (Å²) in [5.74, 6) is -3.23. The minimum absolute atomic E-state index is 0.0195. The molecular weight excluding hydrogens is 645 g/mol. The molecule has 48 heavy (non-hydrogen) atoms. The third-order valence-corrected chi connectivity index (χ3v) is 7.22. The predicted octanol–water partition coefficient (Wildman–Crippen LogP) is 1.63. The first-order chi connectivity index (χ1) is 22.7. The van der Waals surface area contributed by atoms with Gasteiger partial charge in [0.2, 0.25) is 23.6 Å². The second-order valence-corrected chi connectivity index (χ2v) is 12.7. The van der Waals surface area contributed by atoms with Crippen LogP contribution in [-0.2, 0) is 46.3 Å². The van der Waals surface area contributed by atoms with Crippen molar-refractivity contribution in [3.8, 4) is 0 Å². The van der Waals surface area contributed by atoms with E-state index in [2.05, 4.69) is 26.6 Å². The van der Waals surface area contributed by atoms with Crippen molar-refractivity contribution in [2.24, 2.45) is 0 Å². The Kier molecular flexibility index (Phi) is 16.4. The summed E-state index contributed by atoms with van der Waals surface area (Å²) in [7, 11) is 1.22. The molecule has 2 aromatic rings. The van der Waals surface area contributed by atoms with E-state index in [9.17, 15) is 33.2 Å². The van der Waals surface area contributed by atoms with Crippen molar-refractivity contribution in [2.75, 3.05) is 32.2 Å². The van der Waals surface area contributed by atoms with Gasteiger partial charge in [-0.05, 0) is 62.5 Å². The highest BCUT2D eigenvalue weighted by Gasteiger charge is 2.28. The molecule has 0 saturated carbocycles. The first-order valence-electron chi connectivity index (χ1n) is 15.2. The first kappa shape index (κ1) is 39.5. The maximum Gasteiger partial charge on any atom is 0.408 e. The van der Waals surface area contributed by atoms with Gasteiger partial charge in [0.05, 0.1) is 20.2 Å². The van der Waals surface area contributed by atoms with Crippen LogP contribution in [0.1, 0.15) is 38.3 Å². The number of halogens is 1. The molecule has 0 radical (unpaired) electrons. The molecule has 2 aromatic carbocycles. The number of carbonyl (C=O) groups is 6. The van der Waals surface area contributed by atoms with E-state index < -0.39 is 78.3 Å². The minimum atomic E-state index is -1.16. The summed E-state index contributed by atoms with van der Waals surface area (Å²) in [4.78, 5) is 76.2. The zero-order valence-corrected chi connectivity index (χ0v) is 28.5. The molecule has 0 heterocycles. The van der Waals surface area contributed by atoms with Crippen molar-refractivity contribution in [3.05, 3.63) is 71.5 Å². The molecule has 0 aliphatic heterocycles. The van der Waals surface area contributed by atoms with Crippen LogP contribution in [0, 0.1) is 5.82 Å². The van der Waals surface area contributed by atoms with Crippen LogP contribution in [0.4, 0.5) is 9.18 Å². The molecule has 0 aliphatic carbocycles. The molecule has 0 spiro atoms. The number of benzene rings is 2. The average molecular weight is 690 g/mol. The molecule has 5 N–H and O–H groups in total. The van der Waals surface area contributed by atoms with Crippen molar-refractivity contribution in [2.45, 2.75) is 63.8 Å². The van der Waals surface area contributed by atoms with Crippen LogP contribution in [0.25, 0.3) is 0 Å². The summed E-state index contributed by atoms with van der Waals surface area (Å²) in [6, 6.07) is 11.1. The fraction of sp³-hybridized carbons (Fsp3) is 0.455. The number of esters is 1. The van der Waals surface area contributed by atoms with Crippen LogP contribution >= 0.6 is 11.8 Å². The second-order valence-electron chi connectivity index (χ2n) is 11.7. The summed E-state index contributed by atoms with van der Waals surface area (Å²) >= 11 is 1.50. The number of hydrogen-bond acceptors (Lipinski definition) is 9. The normalized spacial score (nSPS) is 12.8. The number of rotatable bonds is 17. The van der Waals surface area contributed by atoms with E-state index in [0.29, 0.717) is 17.7 Å². The molecule has 0 aromatic heterocycles. The van der Waals surface area contributed by atoms with E-state index in [1.165, 1.54) is 43.1 Å². The quantitative estimate of drug-likeness (QED) is 0.154. The van der Waals surface area contributed by atoms with E-state index in [0.717, 1.165) is 5.56 Å². The van der Waals surface area contributed by atoms with Gasteiger partial charge in [-0.15, -0.1) is 0 Å². The largest absolute Gasteiger partial charge is 0.467 e. The Morgan fingerprint density at radius 1 is 0.750 bits per heavy atom. The number of carbonyl (C=O) groups excluding carboxylic acids is 6. The van der Waals surface area contributed by atoms with Gasteiger partial charge in [-0.2, -0.15) is 11.8 Å². The van der Waals surface area contributed by atoms with E-state index in [1.807, 2.05) is 6.26 Å². The van der Waals surface area contributed by atoms with E-state index in [1.54, 1.807) is 51.1 Å². The minimum Gasteiger partial charge on any atom is -0.467 e. The lowest BCUT2D eigenvalue weighted by atomic mass is 10.0. The number of ether oxygens (including phenoxy) is 2. The Morgan fingerprint density at radius 3 is 1.92 bits per heavy atom. The molecule has 15 heteroatoms. The van der Waals surface area contributed by atoms with Gasteiger partial charge in [0.1, 0.15) is 29.5 Å². The Morgan fingerprint density at radius 2 is 1.33 bits per heavy atom. The lowest BCUT2D eigenvalue weighted by molar-refractivity contribution is -0.145. The summed E-state index contributed by atoms with van der Waals surface area (Å²) in [6.45, 7) is 3.92. The monoisotopic (exact) mass is 689 g/mol. The number of methoxy groups -OCH3 is 1. The van der Waals surface area contributed by atoms with Gasteiger partial charge < -0.3 is 36.1 Å². The van der Waals surface area contributed by atoms with Crippen LogP contribution in [-0.4, -0.2) is 91.6 Å². The van der Waals surface area contributed by atoms with Gasteiger partial charge >= 0.3 is 12.1 Å². The zero-order valence-electron chi connectivity index (χ0n) is 27.7. The van der Waals surface area contributed by atoms with Gasteiger partial charge in [0.25, 0.3) is 0 Å². The molecule has 0 bridgehead atoms. The molecule has 0 saturated heterocycles. The standard InChI is InChI=1S/C33H44FN5O8S/c1-33(2,3)47-32(45)39-25(18-22-11-13-23(34)14-12-22)29(42)36-19-27(40)35-20-28(41)37-26(17-21-9-7-6-8-10-21)30(43)38-24(15-16-48-5)31(44)46-4/h6-14,24-26H,15-20H2,1-5H3,(H,35,40)(H,36,42)(H,37,41)(H,38,43)(H,39,45). The van der Waals surface area contributed by atoms with Crippen LogP contribution in [0.3, 0.4) is 0 Å². The Bertz CT molecular complexity index is 1390. The van der Waals surface area contributed by atoms with Gasteiger partial charge in [0.15, 0.2) is 0 Å². The number of alkyl carbamates (subject to hydrolysis) is 1. The first-order valence-corrected chi connectivity index (χ1v) is 16.6. The summed E-state index contributed by atoms with van der Waals surface area (Å²) in [6.07, 6.45) is 1.42. The highest BCUT2D eigenvalue weighted by molar-refractivity contribution is 7.98. The Balaban J connectivity index is 2.01. The number of nitrogens with one attached hydrogen (secondary N) is 5. The topological polar surface area (TPSA) is 181 Å². The van der Waals surface area contributed by atoms with Crippen LogP contribution in [0.2, 0.25) is 0 Å². The third kappa shape index (κ3) is 15.3. The van der Waals surface area contributed by atoms with E-state index in [4.69, 9.17) is 9.47 Å². The fourth-order valence-electron chi connectivity index (χ4n) is 4.25. The van der Waals surface area contributed by atoms with Crippen molar-refractivity contribution in [1.82, 2.24) is 26.6 Å². The van der Waals surface area contributed by atoms with Crippen LogP contribution in [0.15, 0.2) is 54.6 Å².